The lowest BCUT2D eigenvalue weighted by Crippen LogP contribution is -2.04. The van der Waals surface area contributed by atoms with Crippen molar-refractivity contribution in [2.75, 3.05) is 12.3 Å². The second kappa shape index (κ2) is 5.58. The number of hydrogen-bond acceptors (Lipinski definition) is 4. The second-order valence-corrected chi connectivity index (χ2v) is 5.22. The van der Waals surface area contributed by atoms with Crippen molar-refractivity contribution in [1.82, 2.24) is 4.98 Å². The predicted molar refractivity (Wildman–Crippen MR) is 64.2 cm³/mol. The largest absolute Gasteiger partial charge is 0.395 e. The maximum atomic E-state index is 8.85. The number of thioether (sulfide) groups is 1. The zero-order chi connectivity index (χ0) is 10.6. The Bertz CT molecular complexity index is 309. The summed E-state index contributed by atoms with van der Waals surface area (Å²) in [5.74, 6) is 1.34. The fraction of sp³-hybridized carbons (Fsp3) is 0.444. The molecule has 0 saturated heterocycles. The molecule has 3 nitrogen and oxygen atoms in total. The molecule has 14 heavy (non-hydrogen) atoms. The Morgan fingerprint density at radius 3 is 2.93 bits per heavy atom. The summed E-state index contributed by atoms with van der Waals surface area (Å²) in [5.41, 5.74) is 6.74. The highest BCUT2D eigenvalue weighted by molar-refractivity contribution is 9.10. The number of aliphatic hydroxyl groups excluding tert-OH is 1. The Hall–Kier alpha value is -0.260. The molecule has 0 aliphatic carbocycles. The molecule has 5 heteroatoms. The minimum Gasteiger partial charge on any atom is -0.395 e. The van der Waals surface area contributed by atoms with Gasteiger partial charge in [-0.3, -0.25) is 0 Å². The molecule has 0 radical (unpaired) electrons. The van der Waals surface area contributed by atoms with Crippen LogP contribution >= 0.6 is 27.7 Å². The molecule has 0 bridgehead atoms. The first-order valence-electron chi connectivity index (χ1n) is 4.27. The number of halogens is 1. The Morgan fingerprint density at radius 2 is 2.36 bits per heavy atom. The van der Waals surface area contributed by atoms with Gasteiger partial charge in [0.15, 0.2) is 0 Å². The highest BCUT2D eigenvalue weighted by Gasteiger charge is 2.05. The van der Waals surface area contributed by atoms with Gasteiger partial charge in [-0.1, -0.05) is 13.0 Å². The fourth-order valence-electron chi connectivity index (χ4n) is 0.886. The molecule has 0 aliphatic rings. The van der Waals surface area contributed by atoms with E-state index in [-0.39, 0.29) is 11.9 Å². The Kier molecular flexibility index (Phi) is 4.71. The molecule has 3 N–H and O–H groups in total. The third-order valence-electron chi connectivity index (χ3n) is 1.76. The molecule has 1 rings (SSSR count). The van der Waals surface area contributed by atoms with Gasteiger partial charge in [-0.15, -0.1) is 0 Å². The predicted octanol–water partition coefficient (Wildman–Crippen LogP) is 2.04. The zero-order valence-corrected chi connectivity index (χ0v) is 10.3. The maximum Gasteiger partial charge on any atom is 0.128 e. The number of hydrogen-bond donors (Lipinski definition) is 2. The normalized spacial score (nSPS) is 12.8. The summed E-state index contributed by atoms with van der Waals surface area (Å²) < 4.78 is 0.749. The smallest absolute Gasteiger partial charge is 0.128 e. The third kappa shape index (κ3) is 3.48. The molecule has 0 fully saturated rings. The second-order valence-electron chi connectivity index (χ2n) is 2.98. The first-order chi connectivity index (χ1) is 6.63. The van der Waals surface area contributed by atoms with Crippen LogP contribution < -0.4 is 5.73 Å². The molecule has 1 atom stereocenters. The van der Waals surface area contributed by atoms with Crippen molar-refractivity contribution in [3.63, 3.8) is 0 Å². The molecular formula is C9H13BrN2OS. The Balaban J connectivity index is 2.59. The molecule has 0 amide bonds. The van der Waals surface area contributed by atoms with Gasteiger partial charge in [-0.05, 0) is 22.0 Å². The van der Waals surface area contributed by atoms with Crippen LogP contribution in [0.25, 0.3) is 0 Å². The molecular weight excluding hydrogens is 264 g/mol. The molecule has 0 aromatic carbocycles. The lowest BCUT2D eigenvalue weighted by atomic mass is 10.3. The van der Waals surface area contributed by atoms with E-state index in [1.165, 1.54) is 0 Å². The number of nitrogen functional groups attached to an aromatic ring is 1. The summed E-state index contributed by atoms with van der Waals surface area (Å²) in [5, 5.41) is 9.09. The van der Waals surface area contributed by atoms with E-state index in [9.17, 15) is 0 Å². The lowest BCUT2D eigenvalue weighted by molar-refractivity contribution is 0.300. The molecule has 0 aliphatic heterocycles. The fourth-order valence-corrected chi connectivity index (χ4v) is 2.02. The van der Waals surface area contributed by atoms with Crippen molar-refractivity contribution < 1.29 is 5.11 Å². The minimum atomic E-state index is 0.189. The van der Waals surface area contributed by atoms with Gasteiger partial charge in [-0.2, -0.15) is 11.8 Å². The van der Waals surface area contributed by atoms with Gasteiger partial charge in [0.05, 0.1) is 6.61 Å². The Morgan fingerprint density at radius 1 is 1.64 bits per heavy atom. The monoisotopic (exact) mass is 276 g/mol. The van der Waals surface area contributed by atoms with E-state index >= 15 is 0 Å². The molecule has 1 aromatic heterocycles. The van der Waals surface area contributed by atoms with Gasteiger partial charge in [0.25, 0.3) is 0 Å². The van der Waals surface area contributed by atoms with Crippen LogP contribution in [0.3, 0.4) is 0 Å². The number of pyridine rings is 1. The van der Waals surface area contributed by atoms with Crippen molar-refractivity contribution >= 4 is 33.5 Å². The van der Waals surface area contributed by atoms with Crippen LogP contribution in [0.2, 0.25) is 0 Å². The van der Waals surface area contributed by atoms with E-state index in [1.807, 2.05) is 19.1 Å². The zero-order valence-electron chi connectivity index (χ0n) is 7.90. The first-order valence-corrected chi connectivity index (χ1v) is 6.11. The molecule has 0 spiro atoms. The number of anilines is 1. The van der Waals surface area contributed by atoms with Crippen LogP contribution in [0, 0.1) is 0 Å². The number of nitrogens with two attached hydrogens (primary N) is 1. The van der Waals surface area contributed by atoms with E-state index in [2.05, 4.69) is 20.9 Å². The Labute approximate surface area is 96.2 Å². The van der Waals surface area contributed by atoms with Crippen molar-refractivity contribution in [1.29, 1.82) is 0 Å². The summed E-state index contributed by atoms with van der Waals surface area (Å²) in [6.07, 6.45) is 0. The van der Waals surface area contributed by atoms with Crippen LogP contribution in [0.5, 0.6) is 0 Å². The van der Waals surface area contributed by atoms with E-state index in [0.29, 0.717) is 5.82 Å². The summed E-state index contributed by atoms with van der Waals surface area (Å²) in [6, 6.07) is 3.82. The van der Waals surface area contributed by atoms with Crippen LogP contribution in [0.1, 0.15) is 12.5 Å². The first kappa shape index (κ1) is 11.8. The summed E-state index contributed by atoms with van der Waals surface area (Å²) in [7, 11) is 0. The summed E-state index contributed by atoms with van der Waals surface area (Å²) >= 11 is 4.92. The van der Waals surface area contributed by atoms with Gasteiger partial charge < -0.3 is 10.8 Å². The van der Waals surface area contributed by atoms with Crippen LogP contribution in [0.15, 0.2) is 16.7 Å². The van der Waals surface area contributed by atoms with E-state index in [1.54, 1.807) is 11.8 Å². The molecule has 1 unspecified atom stereocenters. The highest BCUT2D eigenvalue weighted by Crippen LogP contribution is 2.22. The van der Waals surface area contributed by atoms with Crippen molar-refractivity contribution in [2.24, 2.45) is 0 Å². The quantitative estimate of drug-likeness (QED) is 0.827. The van der Waals surface area contributed by atoms with Crippen LogP contribution in [0.4, 0.5) is 5.82 Å². The van der Waals surface area contributed by atoms with E-state index < -0.39 is 0 Å². The molecule has 1 heterocycles. The van der Waals surface area contributed by atoms with Crippen LogP contribution in [-0.4, -0.2) is 21.9 Å². The SMILES string of the molecule is CC(CO)SCc1ccc(Br)nc1N. The van der Waals surface area contributed by atoms with Gasteiger partial charge in [0.2, 0.25) is 0 Å². The third-order valence-corrected chi connectivity index (χ3v) is 3.40. The van der Waals surface area contributed by atoms with Gasteiger partial charge >= 0.3 is 0 Å². The van der Waals surface area contributed by atoms with Crippen molar-refractivity contribution in [2.45, 2.75) is 17.9 Å². The minimum absolute atomic E-state index is 0.189. The van der Waals surface area contributed by atoms with Crippen molar-refractivity contribution in [3.05, 3.63) is 22.3 Å². The van der Waals surface area contributed by atoms with Gasteiger partial charge in [-0.25, -0.2) is 4.98 Å². The van der Waals surface area contributed by atoms with E-state index in [4.69, 9.17) is 10.8 Å². The summed E-state index contributed by atoms with van der Waals surface area (Å²) in [4.78, 5) is 4.10. The topological polar surface area (TPSA) is 59.1 Å². The lowest BCUT2D eigenvalue weighted by Gasteiger charge is -2.08. The average Bonchev–Trinajstić information content (AvgIpc) is 2.16. The maximum absolute atomic E-state index is 8.85. The average molecular weight is 277 g/mol. The summed E-state index contributed by atoms with van der Waals surface area (Å²) in [6.45, 7) is 2.17. The van der Waals surface area contributed by atoms with E-state index in [0.717, 1.165) is 15.9 Å². The number of aliphatic hydroxyl groups is 1. The standard InChI is InChI=1S/C9H13BrN2OS/c1-6(4-13)14-5-7-2-3-8(10)12-9(7)11/h2-3,6,13H,4-5H2,1H3,(H2,11,12). The number of nitrogens with zero attached hydrogens (tertiary/aromatic N) is 1. The van der Waals surface area contributed by atoms with Crippen LogP contribution in [-0.2, 0) is 5.75 Å². The molecule has 0 saturated carbocycles. The molecule has 1 aromatic rings. The van der Waals surface area contributed by atoms with Gasteiger partial charge in [0, 0.05) is 16.6 Å². The number of rotatable bonds is 4. The van der Waals surface area contributed by atoms with Gasteiger partial charge in [0.1, 0.15) is 10.4 Å². The highest BCUT2D eigenvalue weighted by atomic mass is 79.9. The van der Waals surface area contributed by atoms with Crippen molar-refractivity contribution in [3.8, 4) is 0 Å². The molecule has 78 valence electrons. The number of aromatic nitrogens is 1.